The van der Waals surface area contributed by atoms with E-state index in [4.69, 9.17) is 34.8 Å². The Morgan fingerprint density at radius 1 is 1.37 bits per heavy atom. The number of aromatic nitrogens is 2. The van der Waals surface area contributed by atoms with Gasteiger partial charge in [-0.3, -0.25) is 9.63 Å². The molecule has 0 spiro atoms. The Balaban J connectivity index is 2.54. The van der Waals surface area contributed by atoms with Gasteiger partial charge in [-0.15, -0.1) is 0 Å². The molecule has 1 heterocycles. The molecule has 0 atom stereocenters. The number of nitrogens with zero attached hydrogens (tertiary/aromatic N) is 2. The predicted molar refractivity (Wildman–Crippen MR) is 94.2 cm³/mol. The third-order valence-corrected chi connectivity index (χ3v) is 4.12. The van der Waals surface area contributed by atoms with Gasteiger partial charge in [-0.1, -0.05) is 34.8 Å². The molecule has 0 saturated carbocycles. The fourth-order valence-corrected chi connectivity index (χ4v) is 2.74. The predicted octanol–water partition coefficient (Wildman–Crippen LogP) is 4.39. The smallest absolute Gasteiger partial charge is 0.388 e. The number of benzene rings is 1. The molecule has 0 fully saturated rings. The zero-order valence-electron chi connectivity index (χ0n) is 13.7. The van der Waals surface area contributed by atoms with Crippen LogP contribution >= 0.6 is 34.8 Å². The summed E-state index contributed by atoms with van der Waals surface area (Å²) in [6.07, 6.45) is 1.16. The molecule has 0 bridgehead atoms. The molecule has 1 N–H and O–H groups in total. The van der Waals surface area contributed by atoms with Crippen molar-refractivity contribution in [3.8, 4) is 17.1 Å². The number of halogens is 6. The highest BCUT2D eigenvalue weighted by Gasteiger charge is 2.23. The molecule has 6 nitrogen and oxygen atoms in total. The Morgan fingerprint density at radius 2 is 2.04 bits per heavy atom. The molecule has 0 radical (unpaired) electrons. The van der Waals surface area contributed by atoms with E-state index in [-0.39, 0.29) is 31.9 Å². The standard InChI is InChI=1S/C15H11Cl3F3N3O3/c1-24-14(27-15(20)21)11(18)12(22-24)7-3-6(8(16)5-10(7)19)4-9(17)13(25)23-26-2/h3-5,15H,1-2H3,(H,23,25). The molecule has 0 unspecified atom stereocenters. The summed E-state index contributed by atoms with van der Waals surface area (Å²) in [4.78, 5) is 16.1. The summed E-state index contributed by atoms with van der Waals surface area (Å²) < 4.78 is 44.6. The second kappa shape index (κ2) is 8.83. The van der Waals surface area contributed by atoms with E-state index in [0.717, 1.165) is 16.8 Å². The quantitative estimate of drug-likeness (QED) is 0.530. The number of carbonyl (C=O) groups excluding carboxylic acids is 1. The number of nitrogens with one attached hydrogen (secondary N) is 1. The van der Waals surface area contributed by atoms with E-state index >= 15 is 0 Å². The molecule has 0 aliphatic carbocycles. The highest BCUT2D eigenvalue weighted by molar-refractivity contribution is 6.44. The SMILES string of the molecule is CONC(=O)C(Cl)=Cc1cc(-c2nn(C)c(OC(F)F)c2Cl)c(F)cc1Cl. The van der Waals surface area contributed by atoms with Crippen molar-refractivity contribution in [2.45, 2.75) is 6.61 Å². The van der Waals surface area contributed by atoms with E-state index in [9.17, 15) is 18.0 Å². The van der Waals surface area contributed by atoms with Gasteiger partial charge in [-0.25, -0.2) is 14.6 Å². The largest absolute Gasteiger partial charge is 0.416 e. The van der Waals surface area contributed by atoms with E-state index in [1.54, 1.807) is 0 Å². The van der Waals surface area contributed by atoms with Crippen molar-refractivity contribution in [2.75, 3.05) is 7.11 Å². The maximum atomic E-state index is 14.4. The lowest BCUT2D eigenvalue weighted by atomic mass is 10.1. The maximum Gasteiger partial charge on any atom is 0.388 e. The molecule has 1 amide bonds. The normalized spacial score (nSPS) is 11.8. The van der Waals surface area contributed by atoms with Crippen LogP contribution in [0.15, 0.2) is 17.2 Å². The molecule has 0 aliphatic rings. The first-order valence-electron chi connectivity index (χ1n) is 7.03. The summed E-state index contributed by atoms with van der Waals surface area (Å²) >= 11 is 17.8. The summed E-state index contributed by atoms with van der Waals surface area (Å²) in [6.45, 7) is -3.14. The number of aryl methyl sites for hydroxylation is 1. The van der Waals surface area contributed by atoms with Gasteiger partial charge in [0, 0.05) is 12.6 Å². The lowest BCUT2D eigenvalue weighted by Crippen LogP contribution is -2.21. The summed E-state index contributed by atoms with van der Waals surface area (Å²) in [6, 6.07) is 2.15. The highest BCUT2D eigenvalue weighted by Crippen LogP contribution is 2.38. The molecular formula is C15H11Cl3F3N3O3. The van der Waals surface area contributed by atoms with Gasteiger partial charge in [0.25, 0.3) is 5.91 Å². The summed E-state index contributed by atoms with van der Waals surface area (Å²) in [5, 5.41) is 3.22. The van der Waals surface area contributed by atoms with Crippen LogP contribution in [0, 0.1) is 5.82 Å². The molecule has 1 aromatic heterocycles. The third-order valence-electron chi connectivity index (χ3n) is 3.18. The fraction of sp³-hybridized carbons (Fsp3) is 0.200. The van der Waals surface area contributed by atoms with Crippen molar-refractivity contribution in [3.05, 3.63) is 38.6 Å². The molecular weight excluding hydrogens is 434 g/mol. The van der Waals surface area contributed by atoms with Crippen molar-refractivity contribution in [2.24, 2.45) is 7.05 Å². The minimum Gasteiger partial charge on any atom is -0.416 e. The number of amides is 1. The number of hydroxylamine groups is 1. The second-order valence-electron chi connectivity index (χ2n) is 4.95. The zero-order valence-corrected chi connectivity index (χ0v) is 16.0. The first-order valence-corrected chi connectivity index (χ1v) is 8.16. The summed E-state index contributed by atoms with van der Waals surface area (Å²) in [5.74, 6) is -2.02. The topological polar surface area (TPSA) is 65.4 Å². The minimum atomic E-state index is -3.14. The molecule has 2 rings (SSSR count). The van der Waals surface area contributed by atoms with Crippen LogP contribution in [0.2, 0.25) is 10.0 Å². The van der Waals surface area contributed by atoms with Crippen LogP contribution in [0.25, 0.3) is 17.3 Å². The first-order chi connectivity index (χ1) is 12.6. The van der Waals surface area contributed by atoms with Crippen molar-refractivity contribution in [3.63, 3.8) is 0 Å². The number of ether oxygens (including phenoxy) is 1. The van der Waals surface area contributed by atoms with Gasteiger partial charge in [-0.2, -0.15) is 13.9 Å². The molecule has 2 aromatic rings. The second-order valence-corrected chi connectivity index (χ2v) is 6.14. The number of hydrogen-bond donors (Lipinski definition) is 1. The van der Waals surface area contributed by atoms with E-state index < -0.39 is 24.2 Å². The van der Waals surface area contributed by atoms with Crippen LogP contribution in [-0.2, 0) is 16.7 Å². The molecule has 0 saturated heterocycles. The van der Waals surface area contributed by atoms with E-state index in [0.29, 0.717) is 0 Å². The molecule has 27 heavy (non-hydrogen) atoms. The average molecular weight is 445 g/mol. The molecule has 146 valence electrons. The van der Waals surface area contributed by atoms with Gasteiger partial charge in [0.15, 0.2) is 0 Å². The van der Waals surface area contributed by atoms with E-state index in [1.807, 2.05) is 5.48 Å². The number of carbonyl (C=O) groups is 1. The third kappa shape index (κ3) is 4.86. The summed E-state index contributed by atoms with van der Waals surface area (Å²) in [7, 11) is 2.51. The molecule has 12 heteroatoms. The summed E-state index contributed by atoms with van der Waals surface area (Å²) in [5.41, 5.74) is 1.84. The highest BCUT2D eigenvalue weighted by atomic mass is 35.5. The van der Waals surface area contributed by atoms with Crippen LogP contribution in [0.3, 0.4) is 0 Å². The Hall–Kier alpha value is -1.94. The van der Waals surface area contributed by atoms with Crippen LogP contribution in [-0.4, -0.2) is 29.4 Å². The van der Waals surface area contributed by atoms with Crippen molar-refractivity contribution >= 4 is 46.8 Å². The average Bonchev–Trinajstić information content (AvgIpc) is 2.85. The Labute approximate surface area is 166 Å². The van der Waals surface area contributed by atoms with Crippen molar-refractivity contribution in [1.29, 1.82) is 0 Å². The van der Waals surface area contributed by atoms with Crippen LogP contribution in [0.1, 0.15) is 5.56 Å². The first kappa shape index (κ1) is 21.4. The molecule has 0 aliphatic heterocycles. The monoisotopic (exact) mass is 443 g/mol. The zero-order chi connectivity index (χ0) is 20.3. The number of alkyl halides is 2. The van der Waals surface area contributed by atoms with Gasteiger partial charge in [0.2, 0.25) is 5.88 Å². The molecule has 1 aromatic carbocycles. The van der Waals surface area contributed by atoms with Crippen LogP contribution in [0.5, 0.6) is 5.88 Å². The van der Waals surface area contributed by atoms with Gasteiger partial charge < -0.3 is 4.74 Å². The van der Waals surface area contributed by atoms with Gasteiger partial charge in [0.1, 0.15) is 21.6 Å². The lowest BCUT2D eigenvalue weighted by Gasteiger charge is -2.07. The van der Waals surface area contributed by atoms with Gasteiger partial charge in [0.05, 0.1) is 12.1 Å². The van der Waals surface area contributed by atoms with E-state index in [1.165, 1.54) is 20.2 Å². The van der Waals surface area contributed by atoms with Crippen molar-refractivity contribution in [1.82, 2.24) is 15.3 Å². The van der Waals surface area contributed by atoms with Crippen molar-refractivity contribution < 1.29 is 27.5 Å². The number of hydrogen-bond acceptors (Lipinski definition) is 4. The van der Waals surface area contributed by atoms with E-state index in [2.05, 4.69) is 14.7 Å². The maximum absolute atomic E-state index is 14.4. The lowest BCUT2D eigenvalue weighted by molar-refractivity contribution is -0.126. The van der Waals surface area contributed by atoms with Crippen LogP contribution in [0.4, 0.5) is 13.2 Å². The minimum absolute atomic E-state index is 0.0595. The fourth-order valence-electron chi connectivity index (χ4n) is 2.07. The Morgan fingerprint density at radius 3 is 2.63 bits per heavy atom. The van der Waals surface area contributed by atoms with Gasteiger partial charge >= 0.3 is 6.61 Å². The van der Waals surface area contributed by atoms with Crippen LogP contribution < -0.4 is 10.2 Å². The van der Waals surface area contributed by atoms with Gasteiger partial charge in [-0.05, 0) is 23.8 Å². The Kier molecular flexibility index (Phi) is 6.99. The Bertz CT molecular complexity index is 903. The number of rotatable bonds is 6.